The molecule has 2 atom stereocenters. The van der Waals surface area contributed by atoms with Crippen LogP contribution in [0.25, 0.3) is 0 Å². The van der Waals surface area contributed by atoms with Crippen molar-refractivity contribution in [3.05, 3.63) is 35.4 Å². The summed E-state index contributed by atoms with van der Waals surface area (Å²) in [5, 5.41) is 11.7. The molecule has 24 heavy (non-hydrogen) atoms. The van der Waals surface area contributed by atoms with Crippen LogP contribution in [-0.4, -0.2) is 40.4 Å². The summed E-state index contributed by atoms with van der Waals surface area (Å²) in [6.45, 7) is 4.67. The quantitative estimate of drug-likeness (QED) is 0.796. The number of likely N-dealkylation sites (tertiary alicyclic amines) is 1. The van der Waals surface area contributed by atoms with E-state index in [4.69, 9.17) is 5.11 Å². The summed E-state index contributed by atoms with van der Waals surface area (Å²) in [6, 6.07) is 7.03. The predicted molar refractivity (Wildman–Crippen MR) is 89.2 cm³/mol. The number of carboxylic acids is 1. The highest BCUT2D eigenvalue weighted by Gasteiger charge is 2.35. The Bertz CT molecular complexity index is 612. The molecule has 0 radical (unpaired) electrons. The summed E-state index contributed by atoms with van der Waals surface area (Å²) >= 11 is 0. The molecule has 1 aromatic rings. The second kappa shape index (κ2) is 7.95. The molecule has 1 aromatic carbocycles. The zero-order valence-corrected chi connectivity index (χ0v) is 14.1. The third-order valence-corrected chi connectivity index (χ3v) is 4.27. The Morgan fingerprint density at radius 1 is 1.33 bits per heavy atom. The van der Waals surface area contributed by atoms with Crippen molar-refractivity contribution in [3.8, 4) is 0 Å². The Balaban J connectivity index is 1.94. The van der Waals surface area contributed by atoms with Crippen molar-refractivity contribution in [2.75, 3.05) is 6.54 Å². The van der Waals surface area contributed by atoms with Crippen LogP contribution in [0, 0.1) is 12.8 Å². The van der Waals surface area contributed by atoms with Crippen LogP contribution in [0.5, 0.6) is 0 Å². The average molecular weight is 332 g/mol. The van der Waals surface area contributed by atoms with Gasteiger partial charge in [-0.15, -0.1) is 0 Å². The monoisotopic (exact) mass is 332 g/mol. The van der Waals surface area contributed by atoms with E-state index < -0.39 is 17.9 Å². The zero-order chi connectivity index (χ0) is 17.7. The van der Waals surface area contributed by atoms with Gasteiger partial charge in [0.05, 0.1) is 5.92 Å². The number of hydrogen-bond acceptors (Lipinski definition) is 3. The van der Waals surface area contributed by atoms with Crippen LogP contribution >= 0.6 is 0 Å². The lowest BCUT2D eigenvalue weighted by Gasteiger charge is -2.18. The fourth-order valence-electron chi connectivity index (χ4n) is 2.85. The largest absolute Gasteiger partial charge is 0.480 e. The number of carboxylic acid groups (broad SMARTS) is 1. The molecular formula is C18H24N2O4. The van der Waals surface area contributed by atoms with E-state index in [2.05, 4.69) is 5.32 Å². The third kappa shape index (κ3) is 4.57. The SMILES string of the molecule is CCCC(NC(=O)C1CC(=O)N(Cc2ccc(C)cc2)C1)C(=O)O. The van der Waals surface area contributed by atoms with Crippen LogP contribution in [0.1, 0.15) is 37.3 Å². The number of aryl methyl sites for hydroxylation is 1. The number of nitrogens with zero attached hydrogens (tertiary/aromatic N) is 1. The van der Waals surface area contributed by atoms with Crippen LogP contribution in [-0.2, 0) is 20.9 Å². The molecule has 0 aliphatic carbocycles. The van der Waals surface area contributed by atoms with Gasteiger partial charge in [0.15, 0.2) is 0 Å². The molecule has 1 aliphatic rings. The van der Waals surface area contributed by atoms with Gasteiger partial charge >= 0.3 is 5.97 Å². The van der Waals surface area contributed by atoms with Gasteiger partial charge in [-0.1, -0.05) is 43.2 Å². The molecule has 1 fully saturated rings. The van der Waals surface area contributed by atoms with E-state index in [-0.39, 0.29) is 18.2 Å². The van der Waals surface area contributed by atoms with Gasteiger partial charge in [0.1, 0.15) is 6.04 Å². The van der Waals surface area contributed by atoms with Crippen LogP contribution in [0.4, 0.5) is 0 Å². The van der Waals surface area contributed by atoms with Crippen molar-refractivity contribution in [2.45, 2.75) is 45.7 Å². The first-order chi connectivity index (χ1) is 11.4. The van der Waals surface area contributed by atoms with E-state index in [1.165, 1.54) is 0 Å². The molecule has 1 heterocycles. The molecule has 1 aliphatic heterocycles. The molecule has 6 heteroatoms. The lowest BCUT2D eigenvalue weighted by molar-refractivity contribution is -0.142. The van der Waals surface area contributed by atoms with Crippen molar-refractivity contribution in [3.63, 3.8) is 0 Å². The molecule has 0 saturated carbocycles. The molecule has 2 N–H and O–H groups in total. The fraction of sp³-hybridized carbons (Fsp3) is 0.500. The summed E-state index contributed by atoms with van der Waals surface area (Å²) in [5.41, 5.74) is 2.17. The van der Waals surface area contributed by atoms with Gasteiger partial charge in [-0.3, -0.25) is 9.59 Å². The highest BCUT2D eigenvalue weighted by molar-refractivity contribution is 5.91. The van der Waals surface area contributed by atoms with Gasteiger partial charge < -0.3 is 15.3 Å². The molecule has 6 nitrogen and oxygen atoms in total. The van der Waals surface area contributed by atoms with E-state index in [1.54, 1.807) is 4.90 Å². The van der Waals surface area contributed by atoms with Gasteiger partial charge in [0.2, 0.25) is 11.8 Å². The number of rotatable bonds is 7. The summed E-state index contributed by atoms with van der Waals surface area (Å²) in [7, 11) is 0. The second-order valence-corrected chi connectivity index (χ2v) is 6.35. The molecule has 2 amide bonds. The van der Waals surface area contributed by atoms with E-state index in [9.17, 15) is 14.4 Å². The molecule has 1 saturated heterocycles. The van der Waals surface area contributed by atoms with Crippen LogP contribution in [0.3, 0.4) is 0 Å². The van der Waals surface area contributed by atoms with Gasteiger partial charge in [-0.2, -0.15) is 0 Å². The van der Waals surface area contributed by atoms with Crippen LogP contribution in [0.15, 0.2) is 24.3 Å². The summed E-state index contributed by atoms with van der Waals surface area (Å²) in [4.78, 5) is 37.2. The first kappa shape index (κ1) is 18.0. The number of carbonyl (C=O) groups is 3. The number of amides is 2. The van der Waals surface area contributed by atoms with Gasteiger partial charge in [-0.25, -0.2) is 4.79 Å². The molecule has 130 valence electrons. The Kier molecular flexibility index (Phi) is 5.95. The predicted octanol–water partition coefficient (Wildman–Crippen LogP) is 1.71. The van der Waals surface area contributed by atoms with Gasteiger partial charge in [0.25, 0.3) is 0 Å². The highest BCUT2D eigenvalue weighted by Crippen LogP contribution is 2.21. The smallest absolute Gasteiger partial charge is 0.326 e. The lowest BCUT2D eigenvalue weighted by atomic mass is 10.1. The average Bonchev–Trinajstić information content (AvgIpc) is 2.90. The minimum Gasteiger partial charge on any atom is -0.480 e. The topological polar surface area (TPSA) is 86.7 Å². The van der Waals surface area contributed by atoms with Crippen molar-refractivity contribution in [1.29, 1.82) is 0 Å². The van der Waals surface area contributed by atoms with E-state index in [0.29, 0.717) is 25.9 Å². The minimum absolute atomic E-state index is 0.0712. The standard InChI is InChI=1S/C18H24N2O4/c1-3-4-15(18(23)24)19-17(22)14-9-16(21)20(11-14)10-13-7-5-12(2)6-8-13/h5-8,14-15H,3-4,9-11H2,1-2H3,(H,19,22)(H,23,24). The maximum Gasteiger partial charge on any atom is 0.326 e. The molecule has 2 rings (SSSR count). The van der Waals surface area contributed by atoms with Gasteiger partial charge in [-0.05, 0) is 18.9 Å². The third-order valence-electron chi connectivity index (χ3n) is 4.27. The van der Waals surface area contributed by atoms with Crippen molar-refractivity contribution < 1.29 is 19.5 Å². The highest BCUT2D eigenvalue weighted by atomic mass is 16.4. The van der Waals surface area contributed by atoms with Crippen molar-refractivity contribution in [2.24, 2.45) is 5.92 Å². The van der Waals surface area contributed by atoms with Crippen LogP contribution < -0.4 is 5.32 Å². The normalized spacial score (nSPS) is 18.5. The minimum atomic E-state index is -1.04. The second-order valence-electron chi connectivity index (χ2n) is 6.35. The van der Waals surface area contributed by atoms with E-state index in [1.807, 2.05) is 38.1 Å². The number of benzene rings is 1. The number of hydrogen-bond donors (Lipinski definition) is 2. The molecule has 0 aromatic heterocycles. The summed E-state index contributed by atoms with van der Waals surface area (Å²) < 4.78 is 0. The van der Waals surface area contributed by atoms with Crippen molar-refractivity contribution in [1.82, 2.24) is 10.2 Å². The first-order valence-electron chi connectivity index (χ1n) is 8.27. The Labute approximate surface area is 141 Å². The number of aliphatic carboxylic acids is 1. The number of nitrogens with one attached hydrogen (secondary N) is 1. The molecular weight excluding hydrogens is 308 g/mol. The Morgan fingerprint density at radius 3 is 2.58 bits per heavy atom. The zero-order valence-electron chi connectivity index (χ0n) is 14.1. The maximum absolute atomic E-state index is 12.3. The summed E-state index contributed by atoms with van der Waals surface area (Å²) in [6.07, 6.45) is 1.19. The molecule has 2 unspecified atom stereocenters. The maximum atomic E-state index is 12.3. The first-order valence-corrected chi connectivity index (χ1v) is 8.27. The van der Waals surface area contributed by atoms with Crippen LogP contribution in [0.2, 0.25) is 0 Å². The Morgan fingerprint density at radius 2 is 2.00 bits per heavy atom. The molecule has 0 spiro atoms. The Hall–Kier alpha value is -2.37. The van der Waals surface area contributed by atoms with Gasteiger partial charge in [0, 0.05) is 19.5 Å². The molecule has 0 bridgehead atoms. The summed E-state index contributed by atoms with van der Waals surface area (Å²) in [5.74, 6) is -1.94. The fourth-order valence-corrected chi connectivity index (χ4v) is 2.85. The van der Waals surface area contributed by atoms with E-state index >= 15 is 0 Å². The van der Waals surface area contributed by atoms with E-state index in [0.717, 1.165) is 11.1 Å². The lowest BCUT2D eigenvalue weighted by Crippen LogP contribution is -2.44. The number of carbonyl (C=O) groups excluding carboxylic acids is 2. The van der Waals surface area contributed by atoms with Crippen molar-refractivity contribution >= 4 is 17.8 Å².